The maximum absolute atomic E-state index is 13.3. The van der Waals surface area contributed by atoms with E-state index in [9.17, 15) is 45.6 Å². The van der Waals surface area contributed by atoms with Gasteiger partial charge < -0.3 is 65.1 Å². The number of allylic oxidation sites excluding steroid dienone is 3. The zero-order chi connectivity index (χ0) is 59.5. The lowest BCUT2D eigenvalue weighted by Gasteiger charge is -2.46. The van der Waals surface area contributed by atoms with Gasteiger partial charge in [-0.2, -0.15) is 0 Å². The molecular formula is C68H129NO13. The van der Waals surface area contributed by atoms with Gasteiger partial charge in [0.2, 0.25) is 5.91 Å². The number of amides is 1. The number of aliphatic hydroxyl groups excluding tert-OH is 8. The van der Waals surface area contributed by atoms with Crippen LogP contribution in [0.4, 0.5) is 0 Å². The number of rotatable bonds is 57. The Labute approximate surface area is 500 Å². The summed E-state index contributed by atoms with van der Waals surface area (Å²) in [6, 6.07) is -0.918. The maximum Gasteiger partial charge on any atom is 0.220 e. The van der Waals surface area contributed by atoms with Crippen LogP contribution in [0.25, 0.3) is 0 Å². The van der Waals surface area contributed by atoms with Gasteiger partial charge in [0.1, 0.15) is 48.8 Å². The molecule has 0 aromatic heterocycles. The van der Waals surface area contributed by atoms with Crippen molar-refractivity contribution in [3.63, 3.8) is 0 Å². The molecule has 0 radical (unpaired) electrons. The van der Waals surface area contributed by atoms with Crippen LogP contribution in [0.1, 0.15) is 309 Å². The van der Waals surface area contributed by atoms with Gasteiger partial charge in [-0.1, -0.05) is 282 Å². The molecule has 0 aromatic carbocycles. The molecule has 12 unspecified atom stereocenters. The topological polar surface area (TPSA) is 228 Å². The quantitative estimate of drug-likeness (QED) is 0.0204. The Hall–Kier alpha value is -1.53. The number of ether oxygens (including phenoxy) is 4. The van der Waals surface area contributed by atoms with E-state index in [0.717, 1.165) is 57.8 Å². The van der Waals surface area contributed by atoms with E-state index in [2.05, 4.69) is 31.3 Å². The molecule has 14 nitrogen and oxygen atoms in total. The minimum Gasteiger partial charge on any atom is -0.394 e. The SMILES string of the molecule is CCCCCCCCC/C=C\CCCCCCCC(=O)NC(COC1OC(CO)C(OC2OC(CO)C(O)C(O)C2O)C(O)C1O)C(O)/C=C/CCCCCCCCCCCCCCCCCCCCCCCCCCCCCCCC. The molecule has 484 valence electrons. The number of nitrogens with one attached hydrogen (secondary N) is 1. The average Bonchev–Trinajstić information content (AvgIpc) is 3.53. The monoisotopic (exact) mass is 1170 g/mol. The van der Waals surface area contributed by atoms with E-state index < -0.39 is 86.8 Å². The Morgan fingerprint density at radius 1 is 0.427 bits per heavy atom. The molecule has 2 aliphatic rings. The molecule has 14 heteroatoms. The number of aliphatic hydroxyl groups is 8. The zero-order valence-electron chi connectivity index (χ0n) is 52.5. The lowest BCUT2D eigenvalue weighted by atomic mass is 9.97. The van der Waals surface area contributed by atoms with Gasteiger partial charge in [0.05, 0.1) is 32.0 Å². The fourth-order valence-corrected chi connectivity index (χ4v) is 11.6. The standard InChI is InChI=1S/C68H129NO13/c1-3-5-7-9-11-13-15-17-19-21-22-23-24-25-26-27-28-29-30-31-32-33-34-35-36-37-39-41-43-45-47-49-51-57(72)56(69-60(73)52-50-48-46-44-42-40-38-20-18-16-14-12-10-8-6-4-2)55-79-67-65(78)63(76)66(59(54-71)81-67)82-68-64(77)62(75)61(74)58(53-70)80-68/h20,38,49,51,56-59,61-68,70-72,74-78H,3-19,21-37,39-48,50,52-55H2,1-2H3,(H,69,73)/b38-20-,51-49+. The van der Waals surface area contributed by atoms with Gasteiger partial charge in [-0.05, 0) is 44.9 Å². The molecule has 2 heterocycles. The fourth-order valence-electron chi connectivity index (χ4n) is 11.6. The predicted octanol–water partition coefficient (Wildman–Crippen LogP) is 13.6. The number of hydrogen-bond donors (Lipinski definition) is 9. The highest BCUT2D eigenvalue weighted by molar-refractivity contribution is 5.76. The molecule has 0 saturated carbocycles. The third-order valence-electron chi connectivity index (χ3n) is 17.1. The molecule has 2 fully saturated rings. The summed E-state index contributed by atoms with van der Waals surface area (Å²) < 4.78 is 22.8. The highest BCUT2D eigenvalue weighted by Gasteiger charge is 2.51. The Kier molecular flexibility index (Phi) is 50.1. The van der Waals surface area contributed by atoms with Gasteiger partial charge in [0.25, 0.3) is 0 Å². The molecule has 2 rings (SSSR count). The first kappa shape index (κ1) is 76.6. The van der Waals surface area contributed by atoms with E-state index in [1.807, 2.05) is 6.08 Å². The van der Waals surface area contributed by atoms with Crippen molar-refractivity contribution in [2.24, 2.45) is 0 Å². The molecule has 2 aliphatic heterocycles. The van der Waals surface area contributed by atoms with Gasteiger partial charge >= 0.3 is 0 Å². The Morgan fingerprint density at radius 2 is 0.768 bits per heavy atom. The predicted molar refractivity (Wildman–Crippen MR) is 332 cm³/mol. The number of carbonyl (C=O) groups excluding carboxylic acids is 1. The smallest absolute Gasteiger partial charge is 0.220 e. The summed E-state index contributed by atoms with van der Waals surface area (Å²) in [5, 5.41) is 87.3. The third kappa shape index (κ3) is 37.9. The maximum atomic E-state index is 13.3. The Balaban J connectivity index is 1.65. The highest BCUT2D eigenvalue weighted by Crippen LogP contribution is 2.30. The van der Waals surface area contributed by atoms with Crippen molar-refractivity contribution in [2.45, 2.75) is 383 Å². The molecule has 2 saturated heterocycles. The van der Waals surface area contributed by atoms with Crippen molar-refractivity contribution in [3.8, 4) is 0 Å². The summed E-state index contributed by atoms with van der Waals surface area (Å²) in [5.74, 6) is -0.244. The number of unbranched alkanes of at least 4 members (excludes halogenated alkanes) is 42. The minimum absolute atomic E-state index is 0.244. The minimum atomic E-state index is -1.79. The van der Waals surface area contributed by atoms with Crippen molar-refractivity contribution in [1.82, 2.24) is 5.32 Å². The fraction of sp³-hybridized carbons (Fsp3) is 0.926. The van der Waals surface area contributed by atoms with Crippen LogP contribution < -0.4 is 5.32 Å². The second-order valence-electron chi connectivity index (χ2n) is 24.7. The summed E-state index contributed by atoms with van der Waals surface area (Å²) in [6.45, 7) is 2.83. The lowest BCUT2D eigenvalue weighted by Crippen LogP contribution is -2.65. The second kappa shape index (κ2) is 53.7. The third-order valence-corrected chi connectivity index (χ3v) is 17.1. The molecule has 9 N–H and O–H groups in total. The average molecular weight is 1170 g/mol. The van der Waals surface area contributed by atoms with E-state index in [1.165, 1.54) is 225 Å². The summed E-state index contributed by atoms with van der Waals surface area (Å²) in [5.41, 5.74) is 0. The largest absolute Gasteiger partial charge is 0.394 e. The van der Waals surface area contributed by atoms with Crippen molar-refractivity contribution in [3.05, 3.63) is 24.3 Å². The van der Waals surface area contributed by atoms with Gasteiger partial charge in [-0.25, -0.2) is 0 Å². The number of hydrogen-bond acceptors (Lipinski definition) is 13. The molecule has 82 heavy (non-hydrogen) atoms. The van der Waals surface area contributed by atoms with Gasteiger partial charge in [-0.3, -0.25) is 4.79 Å². The molecule has 0 bridgehead atoms. The first-order chi connectivity index (χ1) is 40.1. The Morgan fingerprint density at radius 3 is 1.16 bits per heavy atom. The first-order valence-corrected chi connectivity index (χ1v) is 34.6. The highest BCUT2D eigenvalue weighted by atomic mass is 16.7. The summed E-state index contributed by atoms with van der Waals surface area (Å²) in [6.07, 6.45) is 49.6. The molecular weight excluding hydrogens is 1040 g/mol. The van der Waals surface area contributed by atoms with Crippen molar-refractivity contribution in [1.29, 1.82) is 0 Å². The van der Waals surface area contributed by atoms with E-state index >= 15 is 0 Å². The summed E-state index contributed by atoms with van der Waals surface area (Å²) >= 11 is 0. The van der Waals surface area contributed by atoms with Gasteiger partial charge in [0, 0.05) is 6.42 Å². The zero-order valence-corrected chi connectivity index (χ0v) is 52.5. The van der Waals surface area contributed by atoms with E-state index in [0.29, 0.717) is 6.42 Å². The lowest BCUT2D eigenvalue weighted by molar-refractivity contribution is -0.359. The Bertz CT molecular complexity index is 1470. The van der Waals surface area contributed by atoms with Crippen LogP contribution in [0.3, 0.4) is 0 Å². The molecule has 0 spiro atoms. The van der Waals surface area contributed by atoms with Crippen LogP contribution in [0.15, 0.2) is 24.3 Å². The summed E-state index contributed by atoms with van der Waals surface area (Å²) in [7, 11) is 0. The van der Waals surface area contributed by atoms with E-state index in [1.54, 1.807) is 6.08 Å². The summed E-state index contributed by atoms with van der Waals surface area (Å²) in [4.78, 5) is 13.3. The van der Waals surface area contributed by atoms with E-state index in [4.69, 9.17) is 18.9 Å². The molecule has 1 amide bonds. The molecule has 12 atom stereocenters. The molecule has 0 aromatic rings. The number of carbonyl (C=O) groups is 1. The van der Waals surface area contributed by atoms with Crippen LogP contribution in [0.2, 0.25) is 0 Å². The van der Waals surface area contributed by atoms with Crippen molar-refractivity contribution < 1.29 is 64.6 Å². The van der Waals surface area contributed by atoms with Crippen LogP contribution in [0, 0.1) is 0 Å². The van der Waals surface area contributed by atoms with E-state index in [-0.39, 0.29) is 18.9 Å². The van der Waals surface area contributed by atoms with Crippen LogP contribution in [0.5, 0.6) is 0 Å². The normalized spacial score (nSPS) is 24.0. The van der Waals surface area contributed by atoms with Gasteiger partial charge in [0.15, 0.2) is 12.6 Å². The van der Waals surface area contributed by atoms with Crippen LogP contribution >= 0.6 is 0 Å². The van der Waals surface area contributed by atoms with Gasteiger partial charge in [-0.15, -0.1) is 0 Å². The first-order valence-electron chi connectivity index (χ1n) is 34.6. The van der Waals surface area contributed by atoms with Crippen LogP contribution in [-0.4, -0.2) is 140 Å². The van der Waals surface area contributed by atoms with Crippen molar-refractivity contribution in [2.75, 3.05) is 19.8 Å². The van der Waals surface area contributed by atoms with Crippen molar-refractivity contribution >= 4 is 5.91 Å². The van der Waals surface area contributed by atoms with Crippen LogP contribution in [-0.2, 0) is 23.7 Å². The second-order valence-corrected chi connectivity index (χ2v) is 24.7. The molecule has 0 aliphatic carbocycles.